The molecule has 3 rings (SSSR count). The third-order valence-electron chi connectivity index (χ3n) is 2.92. The minimum Gasteiger partial charge on any atom is -0.368 e. The van der Waals surface area contributed by atoms with Crippen molar-refractivity contribution in [3.63, 3.8) is 0 Å². The molecule has 0 saturated carbocycles. The summed E-state index contributed by atoms with van der Waals surface area (Å²) in [6, 6.07) is 3.99. The molecule has 18 heavy (non-hydrogen) atoms. The maximum atomic E-state index is 5.69. The number of nitrogens with two attached hydrogens (primary N) is 1. The van der Waals surface area contributed by atoms with Crippen molar-refractivity contribution in [2.45, 2.75) is 6.92 Å². The summed E-state index contributed by atoms with van der Waals surface area (Å²) in [7, 11) is 3.87. The third-order valence-corrected chi connectivity index (χ3v) is 2.92. The van der Waals surface area contributed by atoms with E-state index >= 15 is 0 Å². The fraction of sp³-hybridized carbons (Fsp3) is 0.250. The Kier molecular flexibility index (Phi) is 2.13. The van der Waals surface area contributed by atoms with Crippen LogP contribution in [-0.4, -0.2) is 34.0 Å². The second kappa shape index (κ2) is 3.56. The van der Waals surface area contributed by atoms with E-state index in [9.17, 15) is 0 Å². The first-order valence-electron chi connectivity index (χ1n) is 5.66. The fourth-order valence-corrected chi connectivity index (χ4v) is 1.97. The lowest BCUT2D eigenvalue weighted by atomic mass is 10.2. The highest BCUT2D eigenvalue weighted by atomic mass is 15.2. The topological polar surface area (TPSA) is 83.7 Å². The van der Waals surface area contributed by atoms with Gasteiger partial charge in [0.1, 0.15) is 11.2 Å². The van der Waals surface area contributed by atoms with Crippen LogP contribution in [0.1, 0.15) is 5.56 Å². The quantitative estimate of drug-likeness (QED) is 0.674. The van der Waals surface area contributed by atoms with Gasteiger partial charge in [0.2, 0.25) is 11.9 Å². The molecule has 0 saturated heterocycles. The van der Waals surface area contributed by atoms with E-state index in [1.54, 1.807) is 0 Å². The van der Waals surface area contributed by atoms with E-state index in [0.717, 1.165) is 33.9 Å². The Morgan fingerprint density at radius 1 is 1.11 bits per heavy atom. The Balaban J connectivity index is 2.41. The van der Waals surface area contributed by atoms with Gasteiger partial charge in [-0.25, -0.2) is 15.0 Å². The van der Waals surface area contributed by atoms with Crippen LogP contribution in [0.3, 0.4) is 0 Å². The van der Waals surface area contributed by atoms with Crippen LogP contribution in [0.15, 0.2) is 12.1 Å². The summed E-state index contributed by atoms with van der Waals surface area (Å²) in [4.78, 5) is 18.2. The molecule has 0 bridgehead atoms. The first-order valence-corrected chi connectivity index (χ1v) is 5.66. The highest BCUT2D eigenvalue weighted by Gasteiger charge is 2.17. The number of hydrogen-bond donors (Lipinski definition) is 2. The molecule has 2 aliphatic rings. The summed E-state index contributed by atoms with van der Waals surface area (Å²) in [5.74, 6) is 1.08. The first kappa shape index (κ1) is 10.8. The molecule has 1 aromatic rings. The molecule has 6 heteroatoms. The van der Waals surface area contributed by atoms with Crippen molar-refractivity contribution in [3.05, 3.63) is 17.7 Å². The van der Waals surface area contributed by atoms with Gasteiger partial charge in [-0.1, -0.05) is 6.07 Å². The molecule has 1 aliphatic heterocycles. The van der Waals surface area contributed by atoms with Crippen molar-refractivity contribution in [1.29, 1.82) is 0 Å². The lowest BCUT2D eigenvalue weighted by molar-refractivity contribution is 1.05. The van der Waals surface area contributed by atoms with Crippen molar-refractivity contribution in [3.8, 4) is 11.4 Å². The minimum atomic E-state index is 0.287. The number of H-pyrrole nitrogens is 1. The molecule has 1 aliphatic carbocycles. The highest BCUT2D eigenvalue weighted by molar-refractivity contribution is 5.91. The van der Waals surface area contributed by atoms with Crippen molar-refractivity contribution < 1.29 is 0 Å². The average molecular weight is 242 g/mol. The van der Waals surface area contributed by atoms with Crippen LogP contribution < -0.4 is 10.6 Å². The maximum absolute atomic E-state index is 5.69. The molecule has 6 nitrogen and oxygen atoms in total. The molecule has 0 amide bonds. The number of nitrogens with one attached hydrogen (secondary N) is 1. The van der Waals surface area contributed by atoms with E-state index in [4.69, 9.17) is 5.73 Å². The van der Waals surface area contributed by atoms with Crippen molar-refractivity contribution in [2.75, 3.05) is 24.7 Å². The molecular weight excluding hydrogens is 228 g/mol. The summed E-state index contributed by atoms with van der Waals surface area (Å²) in [5, 5.41) is 0. The third kappa shape index (κ3) is 1.46. The lowest BCUT2D eigenvalue weighted by Crippen LogP contribution is -2.09. The lowest BCUT2D eigenvalue weighted by Gasteiger charge is -2.05. The van der Waals surface area contributed by atoms with Crippen LogP contribution in [-0.2, 0) is 0 Å². The molecule has 0 unspecified atom stereocenters. The van der Waals surface area contributed by atoms with E-state index in [1.807, 2.05) is 38.1 Å². The molecule has 1 aromatic heterocycles. The number of nitrogen functional groups attached to an aromatic ring is 1. The van der Waals surface area contributed by atoms with Gasteiger partial charge in [-0.15, -0.1) is 0 Å². The number of fused-ring (bicyclic) bond motifs is 3. The molecule has 0 aromatic carbocycles. The zero-order chi connectivity index (χ0) is 12.9. The smallest absolute Gasteiger partial charge is 0.221 e. The van der Waals surface area contributed by atoms with Crippen LogP contribution >= 0.6 is 0 Å². The van der Waals surface area contributed by atoms with E-state index in [-0.39, 0.29) is 5.95 Å². The zero-order valence-electron chi connectivity index (χ0n) is 10.5. The van der Waals surface area contributed by atoms with Crippen LogP contribution in [0.4, 0.5) is 11.9 Å². The Morgan fingerprint density at radius 2 is 1.83 bits per heavy atom. The van der Waals surface area contributed by atoms with E-state index < -0.39 is 0 Å². The normalized spacial score (nSPS) is 11.3. The number of anilines is 2. The predicted molar refractivity (Wildman–Crippen MR) is 71.8 cm³/mol. The van der Waals surface area contributed by atoms with Gasteiger partial charge in [0.05, 0.1) is 11.2 Å². The van der Waals surface area contributed by atoms with Gasteiger partial charge in [-0.3, -0.25) is 0 Å². The van der Waals surface area contributed by atoms with Crippen LogP contribution in [0, 0.1) is 6.92 Å². The number of imidazole rings is 2. The maximum Gasteiger partial charge on any atom is 0.221 e. The molecule has 0 spiro atoms. The Labute approximate surface area is 104 Å². The second-order valence-corrected chi connectivity index (χ2v) is 4.51. The van der Waals surface area contributed by atoms with E-state index in [1.165, 1.54) is 0 Å². The summed E-state index contributed by atoms with van der Waals surface area (Å²) >= 11 is 0. The van der Waals surface area contributed by atoms with Gasteiger partial charge in [-0.05, 0) is 18.6 Å². The number of hydrogen-bond acceptors (Lipinski definition) is 5. The van der Waals surface area contributed by atoms with Crippen LogP contribution in [0.5, 0.6) is 0 Å². The molecule has 3 N–H and O–H groups in total. The summed E-state index contributed by atoms with van der Waals surface area (Å²) < 4.78 is 0. The van der Waals surface area contributed by atoms with Crippen molar-refractivity contribution in [1.82, 2.24) is 19.9 Å². The highest BCUT2D eigenvalue weighted by Crippen LogP contribution is 2.30. The average Bonchev–Trinajstić information content (AvgIpc) is 2.86. The molecular formula is C12H14N6. The molecule has 2 heterocycles. The minimum absolute atomic E-state index is 0.287. The Morgan fingerprint density at radius 3 is 2.56 bits per heavy atom. The molecule has 0 fully saturated rings. The monoisotopic (exact) mass is 242 g/mol. The fourth-order valence-electron chi connectivity index (χ4n) is 1.97. The zero-order valence-corrected chi connectivity index (χ0v) is 10.5. The summed E-state index contributed by atoms with van der Waals surface area (Å²) in [6.07, 6.45) is 0. The standard InChI is InChI=1S/C12H14N6/c1-6-4-5-7-9(17-12(14-7)18(2)3)10-8(6)15-11(13)16-10/h4-5H,1-3H3,(H,14,17)(H2,13,15,16). The van der Waals surface area contributed by atoms with Gasteiger partial charge >= 0.3 is 0 Å². The largest absolute Gasteiger partial charge is 0.368 e. The van der Waals surface area contributed by atoms with E-state index in [2.05, 4.69) is 19.9 Å². The van der Waals surface area contributed by atoms with Crippen LogP contribution in [0.25, 0.3) is 22.4 Å². The molecule has 0 radical (unpaired) electrons. The number of aromatic nitrogens is 4. The van der Waals surface area contributed by atoms with Crippen molar-refractivity contribution >= 4 is 22.9 Å². The summed E-state index contributed by atoms with van der Waals surface area (Å²) in [5.41, 5.74) is 10.00. The number of nitrogens with zero attached hydrogens (tertiary/aromatic N) is 4. The first-order chi connectivity index (χ1) is 8.56. The van der Waals surface area contributed by atoms with E-state index in [0.29, 0.717) is 0 Å². The number of rotatable bonds is 1. The van der Waals surface area contributed by atoms with Gasteiger partial charge < -0.3 is 15.6 Å². The second-order valence-electron chi connectivity index (χ2n) is 4.51. The SMILES string of the molecule is Cc1ccc2[nH]c(N(C)C)nc2c2nc(N)nc1-2. The van der Waals surface area contributed by atoms with Gasteiger partial charge in [0.15, 0.2) is 0 Å². The molecule has 92 valence electrons. The van der Waals surface area contributed by atoms with Gasteiger partial charge in [0, 0.05) is 14.1 Å². The van der Waals surface area contributed by atoms with Crippen molar-refractivity contribution in [2.24, 2.45) is 0 Å². The number of aryl methyl sites for hydroxylation is 1. The van der Waals surface area contributed by atoms with Gasteiger partial charge in [-0.2, -0.15) is 0 Å². The van der Waals surface area contributed by atoms with Gasteiger partial charge in [0.25, 0.3) is 0 Å². The predicted octanol–water partition coefficient (Wildman–Crippen LogP) is 1.41. The number of aromatic amines is 1. The summed E-state index contributed by atoms with van der Waals surface area (Å²) in [6.45, 7) is 1.99. The Bertz CT molecular complexity index is 699. The van der Waals surface area contributed by atoms with Crippen LogP contribution in [0.2, 0.25) is 0 Å². The molecule has 0 atom stereocenters. The Hall–Kier alpha value is -2.37.